The lowest BCUT2D eigenvalue weighted by Gasteiger charge is -2.40. The number of hydrogen-bond acceptors (Lipinski definition) is 9. The number of hydrogen-bond donors (Lipinski definition) is 3. The zero-order valence-electron chi connectivity index (χ0n) is 20.7. The number of rotatable bonds is 6. The lowest BCUT2D eigenvalue weighted by atomic mass is 10.0. The maximum absolute atomic E-state index is 13.5. The zero-order chi connectivity index (χ0) is 25.4. The Morgan fingerprint density at radius 1 is 1.14 bits per heavy atom. The van der Waals surface area contributed by atoms with Gasteiger partial charge in [-0.2, -0.15) is 9.97 Å². The molecule has 2 saturated heterocycles. The van der Waals surface area contributed by atoms with Gasteiger partial charge in [-0.1, -0.05) is 11.6 Å². The van der Waals surface area contributed by atoms with E-state index in [1.165, 1.54) is 0 Å². The standard InChI is InChI=1S/C25H30ClN7O4/c1-2-27-22-19-17(26)13-28-23(19)31-25(30-22)29-18-4-3-16(20-21(18)37-14-36-20)24(34)33-7-5-15(6-8-33)32-9-11-35-12-10-32/h3-4,13,15H,2,5-12,14H2,1H3,(H3,27,28,29,30,31). The first-order valence-corrected chi connectivity index (χ1v) is 13.1. The molecule has 5 heterocycles. The molecule has 0 atom stereocenters. The Kier molecular flexibility index (Phi) is 6.66. The summed E-state index contributed by atoms with van der Waals surface area (Å²) in [6, 6.07) is 4.09. The van der Waals surface area contributed by atoms with Crippen molar-refractivity contribution in [3.63, 3.8) is 0 Å². The molecular weight excluding hydrogens is 498 g/mol. The molecule has 3 N–H and O–H groups in total. The number of ether oxygens (including phenoxy) is 3. The van der Waals surface area contributed by atoms with Crippen molar-refractivity contribution < 1.29 is 19.0 Å². The van der Waals surface area contributed by atoms with Crippen LogP contribution in [0.3, 0.4) is 0 Å². The van der Waals surface area contributed by atoms with Crippen molar-refractivity contribution in [1.29, 1.82) is 0 Å². The molecule has 37 heavy (non-hydrogen) atoms. The summed E-state index contributed by atoms with van der Waals surface area (Å²) in [5.74, 6) is 1.88. The lowest BCUT2D eigenvalue weighted by molar-refractivity contribution is 0.00155. The van der Waals surface area contributed by atoms with E-state index in [4.69, 9.17) is 25.8 Å². The van der Waals surface area contributed by atoms with Crippen molar-refractivity contribution in [1.82, 2.24) is 24.8 Å². The number of carbonyl (C=O) groups excluding carboxylic acids is 1. The van der Waals surface area contributed by atoms with Crippen LogP contribution in [0.1, 0.15) is 30.1 Å². The smallest absolute Gasteiger partial charge is 0.257 e. The van der Waals surface area contributed by atoms with E-state index in [0.29, 0.717) is 57.8 Å². The number of nitrogens with one attached hydrogen (secondary N) is 3. The molecule has 0 saturated carbocycles. The number of halogens is 1. The van der Waals surface area contributed by atoms with Crippen LogP contribution in [0.4, 0.5) is 17.5 Å². The van der Waals surface area contributed by atoms with Crippen molar-refractivity contribution in [2.45, 2.75) is 25.8 Å². The van der Waals surface area contributed by atoms with Gasteiger partial charge in [0.05, 0.1) is 34.9 Å². The summed E-state index contributed by atoms with van der Waals surface area (Å²) in [5.41, 5.74) is 1.73. The van der Waals surface area contributed by atoms with Gasteiger partial charge in [0.15, 0.2) is 11.5 Å². The maximum atomic E-state index is 13.5. The quantitative estimate of drug-likeness (QED) is 0.443. The second-order valence-corrected chi connectivity index (χ2v) is 9.72. The predicted molar refractivity (Wildman–Crippen MR) is 140 cm³/mol. The van der Waals surface area contributed by atoms with Crippen molar-refractivity contribution in [2.75, 3.05) is 63.4 Å². The summed E-state index contributed by atoms with van der Waals surface area (Å²) in [6.45, 7) is 7.66. The zero-order valence-corrected chi connectivity index (χ0v) is 21.4. The Morgan fingerprint density at radius 2 is 1.92 bits per heavy atom. The Morgan fingerprint density at radius 3 is 2.70 bits per heavy atom. The maximum Gasteiger partial charge on any atom is 0.257 e. The molecule has 1 amide bonds. The first-order valence-electron chi connectivity index (χ1n) is 12.7. The summed E-state index contributed by atoms with van der Waals surface area (Å²) in [5, 5.41) is 7.73. The largest absolute Gasteiger partial charge is 0.453 e. The van der Waals surface area contributed by atoms with Gasteiger partial charge in [0.2, 0.25) is 12.7 Å². The fourth-order valence-corrected chi connectivity index (χ4v) is 5.51. The van der Waals surface area contributed by atoms with Crippen LogP contribution in [0, 0.1) is 0 Å². The highest BCUT2D eigenvalue weighted by molar-refractivity contribution is 6.36. The van der Waals surface area contributed by atoms with Crippen molar-refractivity contribution in [3.8, 4) is 11.5 Å². The van der Waals surface area contributed by atoms with E-state index < -0.39 is 0 Å². The van der Waals surface area contributed by atoms with Gasteiger partial charge in [0.25, 0.3) is 5.91 Å². The molecule has 12 heteroatoms. The topological polar surface area (TPSA) is 117 Å². The summed E-state index contributed by atoms with van der Waals surface area (Å²) in [6.07, 6.45) is 3.60. The van der Waals surface area contributed by atoms with Crippen LogP contribution in [0.5, 0.6) is 11.5 Å². The highest BCUT2D eigenvalue weighted by Crippen LogP contribution is 2.44. The number of piperidine rings is 1. The number of nitrogens with zero attached hydrogens (tertiary/aromatic N) is 4. The number of likely N-dealkylation sites (tertiary alicyclic amines) is 1. The third-order valence-corrected chi connectivity index (χ3v) is 7.44. The fourth-order valence-electron chi connectivity index (χ4n) is 5.28. The van der Waals surface area contributed by atoms with E-state index in [-0.39, 0.29) is 12.7 Å². The predicted octanol–water partition coefficient (Wildman–Crippen LogP) is 3.45. The molecule has 0 bridgehead atoms. The molecule has 1 aromatic carbocycles. The number of aromatic amines is 1. The van der Waals surface area contributed by atoms with Gasteiger partial charge in [-0.25, -0.2) is 0 Å². The molecule has 2 aromatic heterocycles. The van der Waals surface area contributed by atoms with Gasteiger partial charge in [-0.15, -0.1) is 0 Å². The third kappa shape index (κ3) is 4.62. The third-order valence-electron chi connectivity index (χ3n) is 7.14. The van der Waals surface area contributed by atoms with Gasteiger partial charge in [-0.05, 0) is 31.9 Å². The van der Waals surface area contributed by atoms with Crippen LogP contribution < -0.4 is 20.1 Å². The second kappa shape index (κ2) is 10.2. The molecule has 0 radical (unpaired) electrons. The number of H-pyrrole nitrogens is 1. The molecule has 0 spiro atoms. The van der Waals surface area contributed by atoms with Crippen LogP contribution >= 0.6 is 11.6 Å². The van der Waals surface area contributed by atoms with E-state index in [1.807, 2.05) is 17.9 Å². The molecule has 0 unspecified atom stereocenters. The van der Waals surface area contributed by atoms with Gasteiger partial charge in [0, 0.05) is 45.0 Å². The van der Waals surface area contributed by atoms with Gasteiger partial charge in [0.1, 0.15) is 11.5 Å². The minimum atomic E-state index is -0.0399. The van der Waals surface area contributed by atoms with Crippen molar-refractivity contribution >= 4 is 46.0 Å². The average Bonchev–Trinajstić information content (AvgIpc) is 3.57. The van der Waals surface area contributed by atoms with Crippen LogP contribution in [-0.4, -0.2) is 89.4 Å². The number of fused-ring (bicyclic) bond motifs is 2. The Balaban J connectivity index is 1.20. The average molecular weight is 528 g/mol. The number of amides is 1. The van der Waals surface area contributed by atoms with Crippen LogP contribution in [0.2, 0.25) is 5.02 Å². The van der Waals surface area contributed by atoms with E-state index in [0.717, 1.165) is 57.6 Å². The molecule has 3 aromatic rings. The molecule has 0 aliphatic carbocycles. The summed E-state index contributed by atoms with van der Waals surface area (Å²) < 4.78 is 17.0. The first-order chi connectivity index (χ1) is 18.1. The molecule has 3 aliphatic rings. The van der Waals surface area contributed by atoms with Crippen LogP contribution in [0.15, 0.2) is 18.3 Å². The lowest BCUT2D eigenvalue weighted by Crippen LogP contribution is -2.50. The van der Waals surface area contributed by atoms with Crippen LogP contribution in [0.25, 0.3) is 11.0 Å². The molecule has 196 valence electrons. The highest BCUT2D eigenvalue weighted by Gasteiger charge is 2.32. The summed E-state index contributed by atoms with van der Waals surface area (Å²) >= 11 is 6.31. The van der Waals surface area contributed by atoms with Gasteiger partial charge in [-0.3, -0.25) is 9.69 Å². The number of anilines is 3. The molecular formula is C25H30ClN7O4. The normalized spacial score (nSPS) is 18.4. The fraction of sp³-hybridized carbons (Fsp3) is 0.480. The van der Waals surface area contributed by atoms with Crippen LogP contribution in [-0.2, 0) is 4.74 Å². The minimum Gasteiger partial charge on any atom is -0.453 e. The number of morpholine rings is 1. The number of aromatic nitrogens is 3. The summed E-state index contributed by atoms with van der Waals surface area (Å²) in [7, 11) is 0. The van der Waals surface area contributed by atoms with E-state index in [2.05, 4.69) is 30.5 Å². The minimum absolute atomic E-state index is 0.0399. The van der Waals surface area contributed by atoms with Crippen molar-refractivity contribution in [2.24, 2.45) is 0 Å². The first kappa shape index (κ1) is 24.1. The monoisotopic (exact) mass is 527 g/mol. The molecule has 11 nitrogen and oxygen atoms in total. The van der Waals surface area contributed by atoms with Gasteiger partial charge >= 0.3 is 0 Å². The van der Waals surface area contributed by atoms with E-state index in [1.54, 1.807) is 12.3 Å². The molecule has 6 rings (SSSR count). The molecule has 3 aliphatic heterocycles. The number of carbonyl (C=O) groups is 1. The van der Waals surface area contributed by atoms with Gasteiger partial charge < -0.3 is 34.7 Å². The van der Waals surface area contributed by atoms with E-state index >= 15 is 0 Å². The van der Waals surface area contributed by atoms with Crippen molar-refractivity contribution in [3.05, 3.63) is 28.9 Å². The Labute approximate surface area is 219 Å². The highest BCUT2D eigenvalue weighted by atomic mass is 35.5. The molecule has 2 fully saturated rings. The van der Waals surface area contributed by atoms with E-state index in [9.17, 15) is 4.79 Å². The Hall–Kier alpha value is -3.28. The SMILES string of the molecule is CCNc1nc(Nc2ccc(C(=O)N3CCC(N4CCOCC4)CC3)c3c2OCO3)nc2[nH]cc(Cl)c12. The number of benzene rings is 1. The Bertz CT molecular complexity index is 1300. The second-order valence-electron chi connectivity index (χ2n) is 9.31. The summed E-state index contributed by atoms with van der Waals surface area (Å²) in [4.78, 5) is 30.1.